The van der Waals surface area contributed by atoms with Crippen LogP contribution in [0.25, 0.3) is 0 Å². The molecule has 0 aromatic heterocycles. The van der Waals surface area contributed by atoms with Crippen LogP contribution in [0.3, 0.4) is 0 Å². The van der Waals surface area contributed by atoms with Gasteiger partial charge in [0.2, 0.25) is 5.91 Å². The first-order valence-corrected chi connectivity index (χ1v) is 9.80. The van der Waals surface area contributed by atoms with Crippen LogP contribution in [-0.4, -0.2) is 43.5 Å². The molecule has 0 saturated carbocycles. The zero-order chi connectivity index (χ0) is 16.9. The van der Waals surface area contributed by atoms with Gasteiger partial charge in [-0.1, -0.05) is 44.2 Å². The summed E-state index contributed by atoms with van der Waals surface area (Å²) in [6.45, 7) is 10.1. The molecule has 2 heterocycles. The third-order valence-electron chi connectivity index (χ3n) is 5.97. The summed E-state index contributed by atoms with van der Waals surface area (Å²) in [6, 6.07) is 10.8. The minimum absolute atomic E-state index is 0.283. The van der Waals surface area contributed by atoms with Crippen molar-refractivity contribution in [2.24, 2.45) is 11.8 Å². The fourth-order valence-corrected chi connectivity index (χ4v) is 4.46. The van der Waals surface area contributed by atoms with Gasteiger partial charge in [-0.2, -0.15) is 0 Å². The van der Waals surface area contributed by atoms with Gasteiger partial charge in [0.1, 0.15) is 0 Å². The third kappa shape index (κ3) is 4.38. The Labute approximate surface area is 147 Å². The first-order valence-electron chi connectivity index (χ1n) is 9.80. The molecule has 3 rings (SSSR count). The smallest absolute Gasteiger partial charge is 0.226 e. The van der Waals surface area contributed by atoms with E-state index >= 15 is 0 Å². The summed E-state index contributed by atoms with van der Waals surface area (Å²) in [7, 11) is 0. The van der Waals surface area contributed by atoms with Crippen LogP contribution in [-0.2, 0) is 4.79 Å². The van der Waals surface area contributed by atoms with Crippen LogP contribution in [0.15, 0.2) is 30.3 Å². The van der Waals surface area contributed by atoms with E-state index in [-0.39, 0.29) is 5.92 Å². The Kier molecular flexibility index (Phi) is 5.94. The average molecular weight is 330 g/mol. The van der Waals surface area contributed by atoms with Crippen LogP contribution in [0.5, 0.6) is 0 Å². The SMILES string of the molecule is C[C@H]1CCCN(C(=O)C2CC[NH+](C[C@H](C)c3ccccc3)CC2)C1. The maximum absolute atomic E-state index is 12.8. The molecular formula is C21H33N2O+. The molecule has 3 nitrogen and oxygen atoms in total. The molecule has 1 aromatic rings. The number of carbonyl (C=O) groups excluding carboxylic acids is 1. The van der Waals surface area contributed by atoms with Gasteiger partial charge in [-0.3, -0.25) is 4.79 Å². The van der Waals surface area contributed by atoms with Gasteiger partial charge in [0.15, 0.2) is 0 Å². The molecule has 0 aliphatic carbocycles. The number of carbonyl (C=O) groups is 1. The number of nitrogens with one attached hydrogen (secondary N) is 1. The van der Waals surface area contributed by atoms with Crippen molar-refractivity contribution in [2.75, 3.05) is 32.7 Å². The van der Waals surface area contributed by atoms with Gasteiger partial charge in [-0.05, 0) is 24.3 Å². The molecule has 0 unspecified atom stereocenters. The standard InChI is InChI=1S/C21H32N2O/c1-17-7-6-12-23(15-17)21(24)20-10-13-22(14-11-20)16-18(2)19-8-4-3-5-9-19/h3-5,8-9,17-18,20H,6-7,10-16H2,1-2H3/p+1/t17-,18-/m0/s1. The summed E-state index contributed by atoms with van der Waals surface area (Å²) >= 11 is 0. The number of quaternary nitrogens is 1. The predicted octanol–water partition coefficient (Wildman–Crippen LogP) is 2.34. The molecular weight excluding hydrogens is 296 g/mol. The van der Waals surface area contributed by atoms with Gasteiger partial charge in [0.05, 0.1) is 19.6 Å². The number of amides is 1. The van der Waals surface area contributed by atoms with E-state index in [0.717, 1.165) is 39.0 Å². The molecule has 132 valence electrons. The second-order valence-electron chi connectivity index (χ2n) is 8.07. The molecule has 2 saturated heterocycles. The highest BCUT2D eigenvalue weighted by molar-refractivity contribution is 5.79. The first-order chi connectivity index (χ1) is 11.6. The molecule has 2 aliphatic heterocycles. The summed E-state index contributed by atoms with van der Waals surface area (Å²) < 4.78 is 0. The molecule has 2 fully saturated rings. The monoisotopic (exact) mass is 329 g/mol. The van der Waals surface area contributed by atoms with Gasteiger partial charge in [0.25, 0.3) is 0 Å². The maximum atomic E-state index is 12.8. The molecule has 1 N–H and O–H groups in total. The molecule has 3 heteroatoms. The van der Waals surface area contributed by atoms with E-state index in [1.54, 1.807) is 4.90 Å². The van der Waals surface area contributed by atoms with E-state index in [1.807, 2.05) is 0 Å². The molecule has 0 bridgehead atoms. The number of hydrogen-bond acceptors (Lipinski definition) is 1. The van der Waals surface area contributed by atoms with Crippen LogP contribution in [0.1, 0.15) is 51.0 Å². The van der Waals surface area contributed by atoms with Crippen LogP contribution in [0.2, 0.25) is 0 Å². The number of hydrogen-bond donors (Lipinski definition) is 1. The van der Waals surface area contributed by atoms with E-state index in [9.17, 15) is 4.79 Å². The lowest BCUT2D eigenvalue weighted by Gasteiger charge is -2.36. The second kappa shape index (κ2) is 8.15. The zero-order valence-electron chi connectivity index (χ0n) is 15.3. The number of nitrogens with zero attached hydrogens (tertiary/aromatic N) is 1. The fourth-order valence-electron chi connectivity index (χ4n) is 4.46. The van der Waals surface area contributed by atoms with Gasteiger partial charge in [-0.15, -0.1) is 0 Å². The van der Waals surface area contributed by atoms with Crippen molar-refractivity contribution in [3.05, 3.63) is 35.9 Å². The second-order valence-corrected chi connectivity index (χ2v) is 8.07. The van der Waals surface area contributed by atoms with Crippen molar-refractivity contribution in [3.8, 4) is 0 Å². The summed E-state index contributed by atoms with van der Waals surface area (Å²) in [6.07, 6.45) is 4.61. The average Bonchev–Trinajstić information content (AvgIpc) is 2.62. The van der Waals surface area contributed by atoms with E-state index in [0.29, 0.717) is 17.7 Å². The summed E-state index contributed by atoms with van der Waals surface area (Å²) in [5, 5.41) is 0. The first kappa shape index (κ1) is 17.5. The minimum Gasteiger partial charge on any atom is -0.342 e. The molecule has 0 radical (unpaired) electrons. The lowest BCUT2D eigenvalue weighted by molar-refractivity contribution is -0.907. The molecule has 1 aromatic carbocycles. The Bertz CT molecular complexity index is 522. The zero-order valence-corrected chi connectivity index (χ0v) is 15.3. The number of likely N-dealkylation sites (tertiary alicyclic amines) is 2. The van der Waals surface area contributed by atoms with Gasteiger partial charge >= 0.3 is 0 Å². The Balaban J connectivity index is 1.46. The quantitative estimate of drug-likeness (QED) is 0.901. The Morgan fingerprint density at radius 2 is 1.92 bits per heavy atom. The van der Waals surface area contributed by atoms with Crippen LogP contribution in [0, 0.1) is 11.8 Å². The molecule has 24 heavy (non-hydrogen) atoms. The number of piperidine rings is 2. The molecule has 0 spiro atoms. The van der Waals surface area contributed by atoms with Crippen molar-refractivity contribution in [1.82, 2.24) is 4.90 Å². The summed E-state index contributed by atoms with van der Waals surface area (Å²) in [5.41, 5.74) is 1.44. The fraction of sp³-hybridized carbons (Fsp3) is 0.667. The van der Waals surface area contributed by atoms with Gasteiger partial charge < -0.3 is 9.80 Å². The number of benzene rings is 1. The molecule has 1 amide bonds. The topological polar surface area (TPSA) is 24.8 Å². The lowest BCUT2D eigenvalue weighted by atomic mass is 9.92. The van der Waals surface area contributed by atoms with Crippen LogP contribution in [0.4, 0.5) is 0 Å². The highest BCUT2D eigenvalue weighted by atomic mass is 16.2. The van der Waals surface area contributed by atoms with Crippen LogP contribution >= 0.6 is 0 Å². The lowest BCUT2D eigenvalue weighted by Crippen LogP contribution is -3.13. The van der Waals surface area contributed by atoms with Crippen molar-refractivity contribution in [3.63, 3.8) is 0 Å². The third-order valence-corrected chi connectivity index (χ3v) is 5.97. The summed E-state index contributed by atoms with van der Waals surface area (Å²) in [5.74, 6) is 2.00. The predicted molar refractivity (Wildman–Crippen MR) is 98.1 cm³/mol. The van der Waals surface area contributed by atoms with Crippen LogP contribution < -0.4 is 4.90 Å². The van der Waals surface area contributed by atoms with Crippen molar-refractivity contribution >= 4 is 5.91 Å². The van der Waals surface area contributed by atoms with Gasteiger partial charge in [0, 0.05) is 37.8 Å². The Morgan fingerprint density at radius 3 is 2.58 bits per heavy atom. The van der Waals surface area contributed by atoms with Gasteiger partial charge in [-0.25, -0.2) is 0 Å². The van der Waals surface area contributed by atoms with E-state index in [1.165, 1.54) is 24.9 Å². The van der Waals surface area contributed by atoms with E-state index in [2.05, 4.69) is 49.1 Å². The normalized spacial score (nSPS) is 29.2. The van der Waals surface area contributed by atoms with Crippen molar-refractivity contribution in [1.29, 1.82) is 0 Å². The maximum Gasteiger partial charge on any atom is 0.226 e. The highest BCUT2D eigenvalue weighted by Crippen LogP contribution is 2.21. The van der Waals surface area contributed by atoms with E-state index in [4.69, 9.17) is 0 Å². The Morgan fingerprint density at radius 1 is 1.21 bits per heavy atom. The van der Waals surface area contributed by atoms with Crippen molar-refractivity contribution in [2.45, 2.75) is 45.4 Å². The van der Waals surface area contributed by atoms with Crippen molar-refractivity contribution < 1.29 is 9.69 Å². The Hall–Kier alpha value is -1.35. The minimum atomic E-state index is 0.283. The largest absolute Gasteiger partial charge is 0.342 e. The molecule has 2 atom stereocenters. The summed E-state index contributed by atoms with van der Waals surface area (Å²) in [4.78, 5) is 16.6. The number of rotatable bonds is 4. The van der Waals surface area contributed by atoms with E-state index < -0.39 is 0 Å². The highest BCUT2D eigenvalue weighted by Gasteiger charge is 2.32. The molecule has 2 aliphatic rings.